The zero-order valence-corrected chi connectivity index (χ0v) is 11.9. The van der Waals surface area contributed by atoms with E-state index in [-0.39, 0.29) is 24.2 Å². The van der Waals surface area contributed by atoms with Crippen LogP contribution in [0.25, 0.3) is 0 Å². The number of amides is 1. The molecule has 106 valence electrons. The van der Waals surface area contributed by atoms with E-state index in [1.165, 1.54) is 24.8 Å². The van der Waals surface area contributed by atoms with Gasteiger partial charge in [-0.25, -0.2) is 12.7 Å². The molecule has 0 radical (unpaired) electrons. The van der Waals surface area contributed by atoms with Gasteiger partial charge in [-0.05, 0) is 19.4 Å². The van der Waals surface area contributed by atoms with Crippen molar-refractivity contribution in [3.63, 3.8) is 0 Å². The summed E-state index contributed by atoms with van der Waals surface area (Å²) < 4.78 is 24.1. The number of piperidine rings is 1. The number of nitrogens with zero attached hydrogens (tertiary/aromatic N) is 1. The number of rotatable bonds is 6. The molecule has 0 aliphatic carbocycles. The smallest absolute Gasteiger partial charge is 0.221 e. The van der Waals surface area contributed by atoms with Crippen molar-refractivity contribution >= 4 is 15.9 Å². The average Bonchev–Trinajstić information content (AvgIpc) is 2.29. The van der Waals surface area contributed by atoms with Crippen LogP contribution in [0.2, 0.25) is 0 Å². The molecule has 0 saturated carbocycles. The van der Waals surface area contributed by atoms with E-state index in [1.54, 1.807) is 0 Å². The summed E-state index contributed by atoms with van der Waals surface area (Å²) in [5.74, 6) is -0.132. The molecule has 1 heterocycles. The maximum atomic E-state index is 11.6. The van der Waals surface area contributed by atoms with Gasteiger partial charge in [0.2, 0.25) is 15.9 Å². The van der Waals surface area contributed by atoms with Gasteiger partial charge in [-0.3, -0.25) is 4.79 Å². The van der Waals surface area contributed by atoms with Crippen molar-refractivity contribution in [2.45, 2.75) is 31.7 Å². The third-order valence-electron chi connectivity index (χ3n) is 3.08. The Kier molecular flexibility index (Phi) is 6.04. The fraction of sp³-hybridized carbons (Fsp3) is 0.909. The maximum absolute atomic E-state index is 11.6. The average molecular weight is 277 g/mol. The van der Waals surface area contributed by atoms with Gasteiger partial charge in [0.25, 0.3) is 0 Å². The third kappa shape index (κ3) is 5.32. The summed E-state index contributed by atoms with van der Waals surface area (Å²) in [6, 6.07) is 0.240. The Bertz CT molecular complexity index is 362. The van der Waals surface area contributed by atoms with Crippen molar-refractivity contribution in [1.82, 2.24) is 14.9 Å². The molecule has 1 aliphatic heterocycles. The van der Waals surface area contributed by atoms with E-state index in [9.17, 15) is 13.2 Å². The minimum atomic E-state index is -3.22. The van der Waals surface area contributed by atoms with Crippen LogP contribution in [0.3, 0.4) is 0 Å². The van der Waals surface area contributed by atoms with E-state index in [2.05, 4.69) is 10.6 Å². The van der Waals surface area contributed by atoms with E-state index in [0.717, 1.165) is 19.4 Å². The van der Waals surface area contributed by atoms with Crippen LogP contribution < -0.4 is 10.6 Å². The van der Waals surface area contributed by atoms with Crippen LogP contribution in [-0.4, -0.2) is 57.6 Å². The minimum Gasteiger partial charge on any atom is -0.355 e. The molecule has 1 rings (SSSR count). The van der Waals surface area contributed by atoms with Crippen LogP contribution in [0.4, 0.5) is 0 Å². The number of sulfonamides is 1. The summed E-state index contributed by atoms with van der Waals surface area (Å²) in [7, 11) is -0.246. The highest BCUT2D eigenvalue weighted by molar-refractivity contribution is 7.89. The number of hydrogen-bond acceptors (Lipinski definition) is 4. The van der Waals surface area contributed by atoms with Gasteiger partial charge in [0.1, 0.15) is 0 Å². The molecule has 1 unspecified atom stereocenters. The first-order valence-electron chi connectivity index (χ1n) is 6.32. The van der Waals surface area contributed by atoms with E-state index in [0.29, 0.717) is 6.42 Å². The molecule has 2 N–H and O–H groups in total. The molecule has 1 atom stereocenters. The first-order chi connectivity index (χ1) is 8.42. The van der Waals surface area contributed by atoms with Crippen LogP contribution >= 0.6 is 0 Å². The van der Waals surface area contributed by atoms with Crippen LogP contribution in [0.5, 0.6) is 0 Å². The number of hydrogen-bond donors (Lipinski definition) is 2. The zero-order valence-electron chi connectivity index (χ0n) is 11.1. The van der Waals surface area contributed by atoms with Crippen molar-refractivity contribution in [3.05, 3.63) is 0 Å². The Balaban J connectivity index is 2.21. The Labute approximate surface area is 109 Å². The lowest BCUT2D eigenvalue weighted by atomic mass is 10.0. The van der Waals surface area contributed by atoms with Crippen LogP contribution in [0, 0.1) is 0 Å². The molecule has 0 aromatic rings. The second-order valence-corrected chi connectivity index (χ2v) is 7.10. The Morgan fingerprint density at radius 2 is 2.11 bits per heavy atom. The van der Waals surface area contributed by atoms with E-state index >= 15 is 0 Å². The van der Waals surface area contributed by atoms with Gasteiger partial charge < -0.3 is 10.6 Å². The summed E-state index contributed by atoms with van der Waals surface area (Å²) >= 11 is 0. The normalized spacial score (nSPS) is 20.9. The SMILES string of the molecule is CN(C)S(=O)(=O)CCNC(=O)CC1CCCCN1. The second kappa shape index (κ2) is 7.06. The Morgan fingerprint density at radius 3 is 2.67 bits per heavy atom. The molecular weight excluding hydrogens is 254 g/mol. The zero-order chi connectivity index (χ0) is 13.6. The molecule has 1 aliphatic rings. The summed E-state index contributed by atoms with van der Waals surface area (Å²) in [6.45, 7) is 1.14. The number of nitrogens with one attached hydrogen (secondary N) is 2. The largest absolute Gasteiger partial charge is 0.355 e. The molecule has 1 amide bonds. The van der Waals surface area contributed by atoms with Crippen molar-refractivity contribution in [2.24, 2.45) is 0 Å². The van der Waals surface area contributed by atoms with Gasteiger partial charge in [-0.2, -0.15) is 0 Å². The Hall–Kier alpha value is -0.660. The van der Waals surface area contributed by atoms with Crippen molar-refractivity contribution in [2.75, 3.05) is 32.9 Å². The lowest BCUT2D eigenvalue weighted by Crippen LogP contribution is -2.40. The van der Waals surface area contributed by atoms with Crippen LogP contribution in [0.1, 0.15) is 25.7 Å². The van der Waals surface area contributed by atoms with Gasteiger partial charge >= 0.3 is 0 Å². The summed E-state index contributed by atoms with van der Waals surface area (Å²) in [4.78, 5) is 11.6. The van der Waals surface area contributed by atoms with Crippen LogP contribution in [-0.2, 0) is 14.8 Å². The molecule has 1 saturated heterocycles. The first kappa shape index (κ1) is 15.4. The molecule has 18 heavy (non-hydrogen) atoms. The van der Waals surface area contributed by atoms with E-state index < -0.39 is 10.0 Å². The quantitative estimate of drug-likeness (QED) is 0.688. The maximum Gasteiger partial charge on any atom is 0.221 e. The third-order valence-corrected chi connectivity index (χ3v) is 4.92. The fourth-order valence-corrected chi connectivity index (χ4v) is 2.62. The summed E-state index contributed by atoms with van der Waals surface area (Å²) in [5.41, 5.74) is 0. The highest BCUT2D eigenvalue weighted by Gasteiger charge is 2.17. The van der Waals surface area contributed by atoms with Gasteiger partial charge in [0.15, 0.2) is 0 Å². The second-order valence-electron chi connectivity index (χ2n) is 4.80. The molecule has 0 spiro atoms. The molecule has 6 nitrogen and oxygen atoms in total. The van der Waals surface area contributed by atoms with E-state index in [1.807, 2.05) is 0 Å². The van der Waals surface area contributed by atoms with Crippen molar-refractivity contribution in [1.29, 1.82) is 0 Å². The van der Waals surface area contributed by atoms with Crippen LogP contribution in [0.15, 0.2) is 0 Å². The molecule has 1 fully saturated rings. The Morgan fingerprint density at radius 1 is 1.39 bits per heavy atom. The highest BCUT2D eigenvalue weighted by atomic mass is 32.2. The summed E-state index contributed by atoms with van der Waals surface area (Å²) in [6.07, 6.45) is 3.77. The standard InChI is InChI=1S/C11H23N3O3S/c1-14(2)18(16,17)8-7-13-11(15)9-10-5-3-4-6-12-10/h10,12H,3-9H2,1-2H3,(H,13,15). The fourth-order valence-electron chi connectivity index (χ4n) is 1.90. The lowest BCUT2D eigenvalue weighted by molar-refractivity contribution is -0.121. The van der Waals surface area contributed by atoms with Crippen molar-refractivity contribution in [3.8, 4) is 0 Å². The monoisotopic (exact) mass is 277 g/mol. The predicted molar refractivity (Wildman–Crippen MR) is 70.7 cm³/mol. The van der Waals surface area contributed by atoms with Gasteiger partial charge in [-0.1, -0.05) is 6.42 Å². The van der Waals surface area contributed by atoms with Gasteiger partial charge in [0.05, 0.1) is 5.75 Å². The molecule has 0 bridgehead atoms. The molecular formula is C11H23N3O3S. The van der Waals surface area contributed by atoms with E-state index in [4.69, 9.17) is 0 Å². The first-order valence-corrected chi connectivity index (χ1v) is 7.93. The van der Waals surface area contributed by atoms with Gasteiger partial charge in [-0.15, -0.1) is 0 Å². The predicted octanol–water partition coefficient (Wildman–Crippen LogP) is -0.474. The highest BCUT2D eigenvalue weighted by Crippen LogP contribution is 2.09. The van der Waals surface area contributed by atoms with Crippen molar-refractivity contribution < 1.29 is 13.2 Å². The number of carbonyl (C=O) groups excluding carboxylic acids is 1. The van der Waals surface area contributed by atoms with Gasteiger partial charge in [0, 0.05) is 33.1 Å². The molecule has 7 heteroatoms. The summed E-state index contributed by atoms with van der Waals surface area (Å²) in [5, 5.41) is 5.94. The topological polar surface area (TPSA) is 78.5 Å². The lowest BCUT2D eigenvalue weighted by Gasteiger charge is -2.22. The number of carbonyl (C=O) groups is 1. The minimum absolute atomic E-state index is 0.0518. The molecule has 0 aromatic carbocycles. The molecule has 0 aromatic heterocycles.